The van der Waals surface area contributed by atoms with Gasteiger partial charge in [0.2, 0.25) is 11.8 Å². The molecule has 16 heteroatoms. The molecule has 1 aromatic rings. The molecular weight excluding hydrogens is 799 g/mol. The van der Waals surface area contributed by atoms with Crippen LogP contribution in [-0.2, 0) is 44.8 Å². The highest BCUT2D eigenvalue weighted by Gasteiger charge is 2.38. The Labute approximate surface area is 365 Å². The average Bonchev–Trinajstić information content (AvgIpc) is 3.19. The average molecular weight is 866 g/mol. The number of benzene rings is 1. The van der Waals surface area contributed by atoms with Gasteiger partial charge in [-0.2, -0.15) is 0 Å². The molecule has 8 atom stereocenters. The van der Waals surface area contributed by atoms with E-state index < -0.39 is 89.4 Å². The lowest BCUT2D eigenvalue weighted by molar-refractivity contribution is -0.212. The number of carbonyl (C=O) groups excluding carboxylic acids is 6. The number of aliphatic hydroxyl groups excluding tert-OH is 2. The highest BCUT2D eigenvalue weighted by atomic mass is 16.7. The van der Waals surface area contributed by atoms with Crippen LogP contribution in [-0.4, -0.2) is 116 Å². The van der Waals surface area contributed by atoms with Crippen molar-refractivity contribution in [1.82, 2.24) is 26.1 Å². The molecule has 1 aromatic carbocycles. The monoisotopic (exact) mass is 865 g/mol. The second-order valence-electron chi connectivity index (χ2n) is 17.5. The van der Waals surface area contributed by atoms with Gasteiger partial charge in [0.1, 0.15) is 35.8 Å². The summed E-state index contributed by atoms with van der Waals surface area (Å²) >= 11 is 0. The number of rotatable bonds is 10. The number of allylic oxidation sites excluding steroid dienone is 4. The fraction of sp³-hybridized carbons (Fsp3) is 0.565. The second-order valence-corrected chi connectivity index (χ2v) is 17.5. The number of aromatic hydroxyl groups is 1. The van der Waals surface area contributed by atoms with Gasteiger partial charge in [-0.25, -0.2) is 10.5 Å². The first-order valence-corrected chi connectivity index (χ1v) is 21.2. The van der Waals surface area contributed by atoms with Gasteiger partial charge >= 0.3 is 5.97 Å². The van der Waals surface area contributed by atoms with E-state index in [0.29, 0.717) is 24.0 Å². The first kappa shape index (κ1) is 51.2. The Morgan fingerprint density at radius 2 is 1.77 bits per heavy atom. The number of nitrogens with one attached hydrogen (secondary N) is 3. The van der Waals surface area contributed by atoms with Gasteiger partial charge in [0.25, 0.3) is 11.8 Å². The molecule has 2 aliphatic heterocycles. The zero-order chi connectivity index (χ0) is 46.3. The number of fused-ring (bicyclic) bond motifs is 2. The van der Waals surface area contributed by atoms with E-state index in [1.807, 2.05) is 20.8 Å². The number of esters is 1. The molecule has 4 amide bonds. The molecule has 2 bridgehead atoms. The Morgan fingerprint density at radius 3 is 2.42 bits per heavy atom. The number of ketones is 1. The van der Waals surface area contributed by atoms with Crippen LogP contribution in [0.2, 0.25) is 0 Å². The number of carbonyl (C=O) groups is 6. The summed E-state index contributed by atoms with van der Waals surface area (Å²) in [5, 5.41) is 40.7. The first-order valence-electron chi connectivity index (χ1n) is 21.2. The van der Waals surface area contributed by atoms with Gasteiger partial charge in [-0.3, -0.25) is 33.8 Å². The Morgan fingerprint density at radius 1 is 1.06 bits per heavy atom. The van der Waals surface area contributed by atoms with Crippen molar-refractivity contribution < 1.29 is 53.7 Å². The van der Waals surface area contributed by atoms with E-state index in [2.05, 4.69) is 16.1 Å². The molecule has 342 valence electrons. The molecule has 0 saturated carbocycles. The van der Waals surface area contributed by atoms with Gasteiger partial charge in [-0.05, 0) is 83.1 Å². The molecule has 0 radical (unpaired) electrons. The standard InChI is InChI=1S/C46H67N5O11/c1-28(2)40-43(58)47-36(27-32-17-14-18-33(53)26-32)44(59)51-25-15-19-35(49-51)45(60)61-38(29(3)16-13-22-39(55)50(9)62-46(6,7)8)21-12-10-11-20-37(54)31(5)41(56)34(42(57)48-40)24-23-30(4)52/h10-14,16-18,20,22,26,28,31,34-38,40-41,49,53-54,56H,15,19,21,23-25,27H2,1-9H3,(H,47,58)(H,48,57)/b12-10+,20-11+,22-13+,29-16+/t31-,34+,35?,36-,37-,38-,40-,41+/m0/s1. The molecule has 2 aliphatic rings. The van der Waals surface area contributed by atoms with Crippen molar-refractivity contribution in [2.75, 3.05) is 13.6 Å². The number of ether oxygens (including phenoxy) is 1. The number of cyclic esters (lactones) is 1. The summed E-state index contributed by atoms with van der Waals surface area (Å²) in [5.74, 6) is -5.85. The van der Waals surface area contributed by atoms with Crippen molar-refractivity contribution >= 4 is 35.4 Å². The van der Waals surface area contributed by atoms with Crippen LogP contribution in [0.4, 0.5) is 0 Å². The Balaban J connectivity index is 2.06. The third-order valence-electron chi connectivity index (χ3n) is 10.6. The van der Waals surface area contributed by atoms with E-state index in [1.165, 1.54) is 49.3 Å². The minimum Gasteiger partial charge on any atom is -0.508 e. The smallest absolute Gasteiger partial charge is 0.325 e. The van der Waals surface area contributed by atoms with Gasteiger partial charge in [0.15, 0.2) is 0 Å². The van der Waals surface area contributed by atoms with Crippen LogP contribution in [0, 0.1) is 17.8 Å². The third kappa shape index (κ3) is 16.3. The molecule has 2 heterocycles. The predicted molar refractivity (Wildman–Crippen MR) is 232 cm³/mol. The van der Waals surface area contributed by atoms with Crippen LogP contribution in [0.3, 0.4) is 0 Å². The van der Waals surface area contributed by atoms with E-state index in [0.717, 1.165) is 5.06 Å². The van der Waals surface area contributed by atoms with Crippen LogP contribution in [0.15, 0.2) is 72.4 Å². The van der Waals surface area contributed by atoms with Crippen LogP contribution in [0.5, 0.6) is 5.75 Å². The molecule has 0 aliphatic carbocycles. The van der Waals surface area contributed by atoms with Crippen LogP contribution in [0.1, 0.15) is 93.1 Å². The predicted octanol–water partition coefficient (Wildman–Crippen LogP) is 3.52. The lowest BCUT2D eigenvalue weighted by atomic mass is 9.84. The molecule has 1 unspecified atom stereocenters. The maximum Gasteiger partial charge on any atom is 0.325 e. The number of likely N-dealkylation sites (N-methyl/N-ethyl adjacent to an activating group) is 1. The third-order valence-corrected chi connectivity index (χ3v) is 10.6. The minimum atomic E-state index is -1.43. The first-order chi connectivity index (χ1) is 29.1. The lowest BCUT2D eigenvalue weighted by Crippen LogP contribution is -2.62. The van der Waals surface area contributed by atoms with Crippen molar-refractivity contribution in [3.63, 3.8) is 0 Å². The molecular formula is C46H67N5O11. The largest absolute Gasteiger partial charge is 0.508 e. The summed E-state index contributed by atoms with van der Waals surface area (Å²) in [5.41, 5.74) is 3.52. The Kier molecular flexibility index (Phi) is 19.7. The summed E-state index contributed by atoms with van der Waals surface area (Å²) in [7, 11) is 1.50. The van der Waals surface area contributed by atoms with Gasteiger partial charge < -0.3 is 35.5 Å². The highest BCUT2D eigenvalue weighted by molar-refractivity contribution is 5.93. The van der Waals surface area contributed by atoms with Crippen LogP contribution in [0.25, 0.3) is 0 Å². The number of nitrogens with zero attached hydrogens (tertiary/aromatic N) is 2. The molecule has 6 N–H and O–H groups in total. The number of hydrogen-bond donors (Lipinski definition) is 6. The number of phenols is 1. The summed E-state index contributed by atoms with van der Waals surface area (Å²) in [4.78, 5) is 86.6. The molecule has 1 saturated heterocycles. The van der Waals surface area contributed by atoms with Crippen molar-refractivity contribution in [2.45, 2.75) is 136 Å². The van der Waals surface area contributed by atoms with Crippen LogP contribution >= 0.6 is 0 Å². The van der Waals surface area contributed by atoms with Crippen molar-refractivity contribution in [3.8, 4) is 5.75 Å². The quantitative estimate of drug-likeness (QED) is 0.0861. The van der Waals surface area contributed by atoms with Gasteiger partial charge in [-0.15, -0.1) is 0 Å². The summed E-state index contributed by atoms with van der Waals surface area (Å²) in [6.07, 6.45) is 8.16. The number of hydrogen-bond acceptors (Lipinski definition) is 12. The summed E-state index contributed by atoms with van der Waals surface area (Å²) in [6.45, 7) is 13.7. The van der Waals surface area contributed by atoms with E-state index in [4.69, 9.17) is 9.57 Å². The molecule has 0 spiro atoms. The summed E-state index contributed by atoms with van der Waals surface area (Å²) in [6, 6.07) is 2.87. The zero-order valence-electron chi connectivity index (χ0n) is 37.5. The van der Waals surface area contributed by atoms with E-state index in [1.54, 1.807) is 64.1 Å². The second kappa shape index (κ2) is 23.9. The fourth-order valence-corrected chi connectivity index (χ4v) is 7.00. The van der Waals surface area contributed by atoms with Crippen molar-refractivity contribution in [1.29, 1.82) is 0 Å². The van der Waals surface area contributed by atoms with Crippen molar-refractivity contribution in [2.24, 2.45) is 17.8 Å². The molecule has 62 heavy (non-hydrogen) atoms. The topological polar surface area (TPSA) is 224 Å². The zero-order valence-corrected chi connectivity index (χ0v) is 37.5. The molecule has 3 rings (SSSR count). The van der Waals surface area contributed by atoms with E-state index in [-0.39, 0.29) is 43.8 Å². The molecule has 16 nitrogen and oxygen atoms in total. The minimum absolute atomic E-state index is 0.0340. The Bertz CT molecular complexity index is 1850. The maximum atomic E-state index is 14.4. The number of amides is 4. The number of phenolic OH excluding ortho intramolecular Hbond substituents is 1. The molecule has 0 aromatic heterocycles. The normalized spacial score (nSPS) is 27.7. The highest BCUT2D eigenvalue weighted by Crippen LogP contribution is 2.24. The fourth-order valence-electron chi connectivity index (χ4n) is 7.00. The van der Waals surface area contributed by atoms with Gasteiger partial charge in [0.05, 0.1) is 23.7 Å². The summed E-state index contributed by atoms with van der Waals surface area (Å²) < 4.78 is 6.04. The number of hydroxylamine groups is 2. The number of aliphatic hydroxyl groups is 2. The number of hydrazine groups is 1. The van der Waals surface area contributed by atoms with E-state index >= 15 is 0 Å². The van der Waals surface area contributed by atoms with Gasteiger partial charge in [-0.1, -0.05) is 69.4 Å². The van der Waals surface area contributed by atoms with E-state index in [9.17, 15) is 44.1 Å². The van der Waals surface area contributed by atoms with Gasteiger partial charge in [0, 0.05) is 44.8 Å². The SMILES string of the molecule is CC(=O)CC[C@H]1C(=O)N[C@@H](C(C)C)C(=O)N[C@@H](Cc2cccc(O)c2)C(=O)N2CCCC(N2)C(=O)O[C@H](/C(C)=C/C=C/C(=O)N(C)OC(C)(C)C)C/C=C/C=C/[C@H](O)[C@H](C)[C@H]1O. The molecule has 1 fully saturated rings. The Hall–Kier alpha value is -5.16. The lowest BCUT2D eigenvalue weighted by Gasteiger charge is -2.36. The maximum absolute atomic E-state index is 14.4. The number of Topliss-reactive ketones (excluding diaryl/α,β-unsaturated/α-hetero) is 1. The van der Waals surface area contributed by atoms with Crippen LogP contribution < -0.4 is 16.1 Å². The van der Waals surface area contributed by atoms with Crippen molar-refractivity contribution in [3.05, 3.63) is 77.9 Å².